The highest BCUT2D eigenvalue weighted by atomic mass is 16.5. The van der Waals surface area contributed by atoms with Crippen molar-refractivity contribution < 1.29 is 9.53 Å². The molecule has 0 aromatic rings. The average Bonchev–Trinajstić information content (AvgIpc) is 2.34. The van der Waals surface area contributed by atoms with Crippen LogP contribution in [0.2, 0.25) is 0 Å². The lowest BCUT2D eigenvalue weighted by molar-refractivity contribution is -0.137. The molecule has 4 nitrogen and oxygen atoms in total. The molecular formula is C13H26N2O2. The smallest absolute Gasteiger partial charge is 0.226 e. The molecule has 0 saturated carbocycles. The van der Waals surface area contributed by atoms with E-state index in [1.54, 1.807) is 0 Å². The fourth-order valence-corrected chi connectivity index (χ4v) is 2.20. The van der Waals surface area contributed by atoms with Gasteiger partial charge in [0.15, 0.2) is 0 Å². The van der Waals surface area contributed by atoms with Gasteiger partial charge in [-0.2, -0.15) is 0 Å². The SMILES string of the molecule is CCOCC1CCCN(C(=O)C(C)C(C)N)C1. The van der Waals surface area contributed by atoms with E-state index in [4.69, 9.17) is 10.5 Å². The molecule has 0 spiro atoms. The summed E-state index contributed by atoms with van der Waals surface area (Å²) < 4.78 is 5.45. The Bertz CT molecular complexity index is 244. The number of carbonyl (C=O) groups excluding carboxylic acids is 1. The minimum atomic E-state index is -0.0826. The molecule has 0 aromatic heterocycles. The molecule has 1 fully saturated rings. The van der Waals surface area contributed by atoms with Gasteiger partial charge >= 0.3 is 0 Å². The number of rotatable bonds is 5. The maximum atomic E-state index is 12.2. The average molecular weight is 242 g/mol. The Kier molecular flexibility index (Phi) is 5.92. The van der Waals surface area contributed by atoms with Gasteiger partial charge in [-0.25, -0.2) is 0 Å². The van der Waals surface area contributed by atoms with Crippen LogP contribution in [0.3, 0.4) is 0 Å². The third-order valence-electron chi connectivity index (χ3n) is 3.57. The summed E-state index contributed by atoms with van der Waals surface area (Å²) in [7, 11) is 0. The van der Waals surface area contributed by atoms with Crippen molar-refractivity contribution in [2.24, 2.45) is 17.6 Å². The number of likely N-dealkylation sites (tertiary alicyclic amines) is 1. The molecule has 1 heterocycles. The van der Waals surface area contributed by atoms with Crippen LogP contribution < -0.4 is 5.73 Å². The first kappa shape index (κ1) is 14.5. The van der Waals surface area contributed by atoms with E-state index in [1.807, 2.05) is 25.7 Å². The normalized spacial score (nSPS) is 24.5. The molecule has 0 radical (unpaired) electrons. The summed E-state index contributed by atoms with van der Waals surface area (Å²) in [6.45, 7) is 9.04. The number of hydrogen-bond donors (Lipinski definition) is 1. The van der Waals surface area contributed by atoms with E-state index >= 15 is 0 Å². The van der Waals surface area contributed by atoms with Crippen molar-refractivity contribution >= 4 is 5.91 Å². The lowest BCUT2D eigenvalue weighted by atomic mass is 9.96. The summed E-state index contributed by atoms with van der Waals surface area (Å²) in [5.41, 5.74) is 5.79. The highest BCUT2D eigenvalue weighted by Crippen LogP contribution is 2.19. The van der Waals surface area contributed by atoms with Gasteiger partial charge in [-0.1, -0.05) is 6.92 Å². The Morgan fingerprint density at radius 1 is 1.53 bits per heavy atom. The lowest BCUT2D eigenvalue weighted by Crippen LogP contribution is -2.46. The second-order valence-corrected chi connectivity index (χ2v) is 5.10. The van der Waals surface area contributed by atoms with Crippen LogP contribution in [0.15, 0.2) is 0 Å². The van der Waals surface area contributed by atoms with Gasteiger partial charge in [0.1, 0.15) is 0 Å². The number of amides is 1. The van der Waals surface area contributed by atoms with Gasteiger partial charge in [0.05, 0.1) is 12.5 Å². The summed E-state index contributed by atoms with van der Waals surface area (Å²) in [6, 6.07) is -0.0743. The van der Waals surface area contributed by atoms with Crippen LogP contribution >= 0.6 is 0 Å². The van der Waals surface area contributed by atoms with Gasteiger partial charge in [0, 0.05) is 25.7 Å². The second-order valence-electron chi connectivity index (χ2n) is 5.10. The molecule has 17 heavy (non-hydrogen) atoms. The van der Waals surface area contributed by atoms with Gasteiger partial charge in [-0.3, -0.25) is 4.79 Å². The monoisotopic (exact) mass is 242 g/mol. The van der Waals surface area contributed by atoms with E-state index in [2.05, 4.69) is 0 Å². The summed E-state index contributed by atoms with van der Waals surface area (Å²) >= 11 is 0. The molecule has 1 amide bonds. The largest absolute Gasteiger partial charge is 0.381 e. The number of piperidine rings is 1. The van der Waals surface area contributed by atoms with Gasteiger partial charge in [-0.05, 0) is 32.6 Å². The molecule has 3 unspecified atom stereocenters. The van der Waals surface area contributed by atoms with E-state index in [1.165, 1.54) is 0 Å². The fraction of sp³-hybridized carbons (Fsp3) is 0.923. The number of carbonyl (C=O) groups is 1. The van der Waals surface area contributed by atoms with Crippen LogP contribution in [0.25, 0.3) is 0 Å². The molecule has 1 aliphatic rings. The highest BCUT2D eigenvalue weighted by molar-refractivity contribution is 5.79. The molecule has 0 aliphatic carbocycles. The van der Waals surface area contributed by atoms with E-state index < -0.39 is 0 Å². The molecule has 4 heteroatoms. The molecule has 0 bridgehead atoms. The first-order chi connectivity index (χ1) is 8.06. The van der Waals surface area contributed by atoms with Crippen LogP contribution in [0.4, 0.5) is 0 Å². The van der Waals surface area contributed by atoms with Gasteiger partial charge in [-0.15, -0.1) is 0 Å². The molecule has 1 saturated heterocycles. The molecule has 100 valence electrons. The standard InChI is InChI=1S/C13H26N2O2/c1-4-17-9-12-6-5-7-15(8-12)13(16)10(2)11(3)14/h10-12H,4-9,14H2,1-3H3. The highest BCUT2D eigenvalue weighted by Gasteiger charge is 2.28. The van der Waals surface area contributed by atoms with E-state index in [0.717, 1.165) is 39.1 Å². The number of nitrogens with two attached hydrogens (primary N) is 1. The Morgan fingerprint density at radius 3 is 2.82 bits per heavy atom. The molecule has 1 rings (SSSR count). The van der Waals surface area contributed by atoms with Crippen molar-refractivity contribution in [3.63, 3.8) is 0 Å². The number of hydrogen-bond acceptors (Lipinski definition) is 3. The summed E-state index contributed by atoms with van der Waals surface area (Å²) in [4.78, 5) is 14.1. The van der Waals surface area contributed by atoms with Gasteiger partial charge in [0.2, 0.25) is 5.91 Å². The van der Waals surface area contributed by atoms with Crippen molar-refractivity contribution in [3.8, 4) is 0 Å². The van der Waals surface area contributed by atoms with Gasteiger partial charge < -0.3 is 15.4 Å². The van der Waals surface area contributed by atoms with Crippen LogP contribution in [-0.2, 0) is 9.53 Å². The van der Waals surface area contributed by atoms with Crippen LogP contribution in [0.1, 0.15) is 33.6 Å². The topological polar surface area (TPSA) is 55.6 Å². The van der Waals surface area contributed by atoms with E-state index in [9.17, 15) is 4.79 Å². The predicted octanol–water partition coefficient (Wildman–Crippen LogP) is 1.24. The van der Waals surface area contributed by atoms with Crippen LogP contribution in [-0.4, -0.2) is 43.2 Å². The molecule has 1 aliphatic heterocycles. The maximum Gasteiger partial charge on any atom is 0.226 e. The zero-order valence-electron chi connectivity index (χ0n) is 11.3. The quantitative estimate of drug-likeness (QED) is 0.789. The number of ether oxygens (including phenoxy) is 1. The number of nitrogens with zero attached hydrogens (tertiary/aromatic N) is 1. The first-order valence-electron chi connectivity index (χ1n) is 6.68. The molecule has 2 N–H and O–H groups in total. The minimum absolute atomic E-state index is 0.0743. The van der Waals surface area contributed by atoms with Crippen LogP contribution in [0.5, 0.6) is 0 Å². The maximum absolute atomic E-state index is 12.2. The Labute approximate surface area is 104 Å². The van der Waals surface area contributed by atoms with E-state index in [0.29, 0.717) is 5.92 Å². The summed E-state index contributed by atoms with van der Waals surface area (Å²) in [5, 5.41) is 0. The van der Waals surface area contributed by atoms with Crippen molar-refractivity contribution in [2.75, 3.05) is 26.3 Å². The summed E-state index contributed by atoms with van der Waals surface area (Å²) in [5.74, 6) is 0.606. The van der Waals surface area contributed by atoms with E-state index in [-0.39, 0.29) is 17.9 Å². The second kappa shape index (κ2) is 6.97. The molecule has 0 aromatic carbocycles. The van der Waals surface area contributed by atoms with Crippen molar-refractivity contribution in [3.05, 3.63) is 0 Å². The first-order valence-corrected chi connectivity index (χ1v) is 6.68. The summed E-state index contributed by atoms with van der Waals surface area (Å²) in [6.07, 6.45) is 2.24. The fourth-order valence-electron chi connectivity index (χ4n) is 2.20. The Hall–Kier alpha value is -0.610. The van der Waals surface area contributed by atoms with Crippen molar-refractivity contribution in [2.45, 2.75) is 39.7 Å². The predicted molar refractivity (Wildman–Crippen MR) is 68.6 cm³/mol. The zero-order chi connectivity index (χ0) is 12.8. The van der Waals surface area contributed by atoms with Gasteiger partial charge in [0.25, 0.3) is 0 Å². The third-order valence-corrected chi connectivity index (χ3v) is 3.57. The zero-order valence-corrected chi connectivity index (χ0v) is 11.3. The minimum Gasteiger partial charge on any atom is -0.381 e. The lowest BCUT2D eigenvalue weighted by Gasteiger charge is -2.35. The van der Waals surface area contributed by atoms with Crippen molar-refractivity contribution in [1.82, 2.24) is 4.90 Å². The van der Waals surface area contributed by atoms with Crippen LogP contribution in [0, 0.1) is 11.8 Å². The molecule has 3 atom stereocenters. The Morgan fingerprint density at radius 2 is 2.24 bits per heavy atom. The third kappa shape index (κ3) is 4.28. The molecular weight excluding hydrogens is 216 g/mol. The van der Waals surface area contributed by atoms with Crippen molar-refractivity contribution in [1.29, 1.82) is 0 Å². The Balaban J connectivity index is 2.45.